The molecule has 0 saturated carbocycles. The topological polar surface area (TPSA) is 41.6 Å². The molecule has 2 rings (SSSR count). The van der Waals surface area contributed by atoms with E-state index in [9.17, 15) is 0 Å². The van der Waals surface area contributed by atoms with Gasteiger partial charge in [0.2, 0.25) is 0 Å². The summed E-state index contributed by atoms with van der Waals surface area (Å²) in [6.45, 7) is 15.0. The average Bonchev–Trinajstić information content (AvgIpc) is 2.96. The Morgan fingerprint density at radius 1 is 0.947 bits per heavy atom. The van der Waals surface area contributed by atoms with Gasteiger partial charge in [-0.15, -0.1) is 13.2 Å². The molecule has 0 radical (unpaired) electrons. The third kappa shape index (κ3) is 7.19. The largest absolute Gasteiger partial charge is 0.276 e. The van der Waals surface area contributed by atoms with Crippen LogP contribution in [0.25, 0.3) is 11.4 Å². The summed E-state index contributed by atoms with van der Waals surface area (Å²) in [5.41, 5.74) is 1.87. The zero-order valence-electron chi connectivity index (χ0n) is 12.4. The van der Waals surface area contributed by atoms with E-state index in [1.54, 1.807) is 12.4 Å². The first-order valence-electron chi connectivity index (χ1n) is 6.52. The molecule has 0 amide bonds. The molecule has 104 valence electrons. The summed E-state index contributed by atoms with van der Waals surface area (Å²) in [5, 5.41) is 6.67. The molecule has 0 saturated heterocycles. The second kappa shape index (κ2) is 10.1. The number of rotatable bonds is 2. The molecule has 3 heteroatoms. The lowest BCUT2D eigenvalue weighted by Gasteiger charge is -2.05. The van der Waals surface area contributed by atoms with Gasteiger partial charge in [-0.2, -0.15) is 5.10 Å². The smallest absolute Gasteiger partial charge is 0.0880 e. The summed E-state index contributed by atoms with van der Waals surface area (Å²) >= 11 is 0. The Bertz CT molecular complexity index is 399. The molecule has 0 aromatic carbocycles. The summed E-state index contributed by atoms with van der Waals surface area (Å²) in [4.78, 5) is 4.15. The first-order chi connectivity index (χ1) is 9.11. The van der Waals surface area contributed by atoms with Crippen LogP contribution in [0.1, 0.15) is 27.7 Å². The second-order valence-corrected chi connectivity index (χ2v) is 4.67. The van der Waals surface area contributed by atoms with Gasteiger partial charge in [-0.05, 0) is 30.0 Å². The van der Waals surface area contributed by atoms with Crippen LogP contribution in [-0.2, 0) is 0 Å². The monoisotopic (exact) mass is 259 g/mol. The molecule has 2 aromatic rings. The van der Waals surface area contributed by atoms with Crippen LogP contribution in [0.5, 0.6) is 0 Å². The Kier molecular flexibility index (Phi) is 9.06. The van der Waals surface area contributed by atoms with Gasteiger partial charge < -0.3 is 0 Å². The van der Waals surface area contributed by atoms with Crippen molar-refractivity contribution in [3.63, 3.8) is 0 Å². The van der Waals surface area contributed by atoms with E-state index >= 15 is 0 Å². The van der Waals surface area contributed by atoms with Crippen molar-refractivity contribution in [2.75, 3.05) is 0 Å². The molecule has 0 spiro atoms. The lowest BCUT2D eigenvalue weighted by molar-refractivity contribution is 0.457. The van der Waals surface area contributed by atoms with Gasteiger partial charge in [0, 0.05) is 12.4 Å². The van der Waals surface area contributed by atoms with Crippen LogP contribution in [0.3, 0.4) is 0 Å². The van der Waals surface area contributed by atoms with Crippen molar-refractivity contribution in [1.29, 1.82) is 0 Å². The summed E-state index contributed by atoms with van der Waals surface area (Å²) in [7, 11) is 0. The zero-order valence-corrected chi connectivity index (χ0v) is 12.4. The Balaban J connectivity index is 0.000000350. The zero-order chi connectivity index (χ0) is 14.7. The van der Waals surface area contributed by atoms with Crippen LogP contribution >= 0.6 is 0 Å². The Morgan fingerprint density at radius 2 is 1.58 bits per heavy atom. The summed E-state index contributed by atoms with van der Waals surface area (Å²) in [6, 6.07) is 7.67. The van der Waals surface area contributed by atoms with Gasteiger partial charge in [-0.1, -0.05) is 33.8 Å². The van der Waals surface area contributed by atoms with E-state index in [0.29, 0.717) is 0 Å². The summed E-state index contributed by atoms with van der Waals surface area (Å²) in [6.07, 6.45) is 3.47. The van der Waals surface area contributed by atoms with E-state index in [-0.39, 0.29) is 0 Å². The quantitative estimate of drug-likeness (QED) is 0.802. The highest BCUT2D eigenvalue weighted by Crippen LogP contribution is 2.10. The molecule has 0 unspecified atom stereocenters. The van der Waals surface area contributed by atoms with Gasteiger partial charge in [0.25, 0.3) is 0 Å². The molecule has 0 bridgehead atoms. The van der Waals surface area contributed by atoms with Crippen molar-refractivity contribution < 1.29 is 0 Å². The second-order valence-electron chi connectivity index (χ2n) is 4.67. The van der Waals surface area contributed by atoms with Gasteiger partial charge in [0.1, 0.15) is 0 Å². The van der Waals surface area contributed by atoms with E-state index in [4.69, 9.17) is 0 Å². The van der Waals surface area contributed by atoms with E-state index in [1.165, 1.54) is 0 Å². The Morgan fingerprint density at radius 3 is 1.95 bits per heavy atom. The number of aromatic amines is 1. The molecule has 0 aliphatic carbocycles. The fourth-order valence-electron chi connectivity index (χ4n) is 0.921. The average molecular weight is 259 g/mol. The van der Waals surface area contributed by atoms with Gasteiger partial charge in [0.05, 0.1) is 11.4 Å². The van der Waals surface area contributed by atoms with Crippen LogP contribution in [0, 0.1) is 11.8 Å². The van der Waals surface area contributed by atoms with Crippen LogP contribution in [0.4, 0.5) is 0 Å². The van der Waals surface area contributed by atoms with Crippen molar-refractivity contribution in [2.24, 2.45) is 11.8 Å². The minimum Gasteiger partial charge on any atom is -0.276 e. The SMILES string of the molecule is C=C.CC(C)C(C)C.c1ccc(-c2ccn[nH]2)nc1. The van der Waals surface area contributed by atoms with Crippen LogP contribution in [-0.4, -0.2) is 15.2 Å². The first kappa shape index (κ1) is 17.1. The van der Waals surface area contributed by atoms with Crippen LogP contribution in [0.2, 0.25) is 0 Å². The lowest BCUT2D eigenvalue weighted by Crippen LogP contribution is -1.95. The number of pyridine rings is 1. The number of hydrogen-bond acceptors (Lipinski definition) is 2. The van der Waals surface area contributed by atoms with Crippen molar-refractivity contribution in [1.82, 2.24) is 15.2 Å². The fraction of sp³-hybridized carbons (Fsp3) is 0.375. The van der Waals surface area contributed by atoms with Crippen molar-refractivity contribution in [3.05, 3.63) is 49.8 Å². The number of nitrogens with zero attached hydrogens (tertiary/aromatic N) is 2. The molecule has 2 heterocycles. The van der Waals surface area contributed by atoms with Crippen molar-refractivity contribution in [2.45, 2.75) is 27.7 Å². The summed E-state index contributed by atoms with van der Waals surface area (Å²) in [5.74, 6) is 1.70. The maximum atomic E-state index is 4.15. The minimum absolute atomic E-state index is 0.852. The van der Waals surface area contributed by atoms with E-state index in [2.05, 4.69) is 56.0 Å². The molecule has 0 aliphatic heterocycles. The van der Waals surface area contributed by atoms with E-state index in [1.807, 2.05) is 24.3 Å². The van der Waals surface area contributed by atoms with Gasteiger partial charge >= 0.3 is 0 Å². The first-order valence-corrected chi connectivity index (χ1v) is 6.52. The number of hydrogen-bond donors (Lipinski definition) is 1. The van der Waals surface area contributed by atoms with Gasteiger partial charge in [0.15, 0.2) is 0 Å². The minimum atomic E-state index is 0.852. The van der Waals surface area contributed by atoms with Crippen LogP contribution < -0.4 is 0 Å². The van der Waals surface area contributed by atoms with Crippen molar-refractivity contribution in [3.8, 4) is 11.4 Å². The van der Waals surface area contributed by atoms with E-state index in [0.717, 1.165) is 23.2 Å². The Hall–Kier alpha value is -1.90. The maximum absolute atomic E-state index is 4.15. The fourth-order valence-corrected chi connectivity index (χ4v) is 0.921. The predicted octanol–water partition coefficient (Wildman–Crippen LogP) is 4.57. The molecule has 1 N–H and O–H groups in total. The normalized spacial score (nSPS) is 9.37. The molecule has 0 atom stereocenters. The summed E-state index contributed by atoms with van der Waals surface area (Å²) < 4.78 is 0. The Labute approximate surface area is 116 Å². The maximum Gasteiger partial charge on any atom is 0.0880 e. The standard InChI is InChI=1S/C8H7N3.C6H14.C2H4/c1-2-5-9-7(3-1)8-4-6-10-11-8;1-5(2)6(3)4;1-2/h1-6H,(H,10,11);5-6H,1-4H3;1-2H2. The molecular weight excluding hydrogens is 234 g/mol. The molecule has 0 fully saturated rings. The van der Waals surface area contributed by atoms with Gasteiger partial charge in [-0.3, -0.25) is 10.1 Å². The van der Waals surface area contributed by atoms with Crippen molar-refractivity contribution >= 4 is 0 Å². The highest BCUT2D eigenvalue weighted by atomic mass is 15.1. The number of H-pyrrole nitrogens is 1. The third-order valence-corrected chi connectivity index (χ3v) is 2.77. The van der Waals surface area contributed by atoms with Crippen LogP contribution in [0.15, 0.2) is 49.8 Å². The highest BCUT2D eigenvalue weighted by Gasteiger charge is 1.96. The third-order valence-electron chi connectivity index (χ3n) is 2.77. The molecule has 3 nitrogen and oxygen atoms in total. The highest BCUT2D eigenvalue weighted by molar-refractivity contribution is 5.52. The van der Waals surface area contributed by atoms with E-state index < -0.39 is 0 Å². The lowest BCUT2D eigenvalue weighted by atomic mass is 10.0. The molecule has 19 heavy (non-hydrogen) atoms. The number of nitrogens with one attached hydrogen (secondary N) is 1. The predicted molar refractivity (Wildman–Crippen MR) is 82.7 cm³/mol. The molecule has 2 aromatic heterocycles. The molecular formula is C16H25N3. The van der Waals surface area contributed by atoms with Gasteiger partial charge in [-0.25, -0.2) is 0 Å². The number of aromatic nitrogens is 3. The molecule has 0 aliphatic rings.